The van der Waals surface area contributed by atoms with E-state index in [-0.39, 0.29) is 10.7 Å². The molecule has 0 fully saturated rings. The zero-order chi connectivity index (χ0) is 15.8. The average Bonchev–Trinajstić information content (AvgIpc) is 2.34. The fraction of sp³-hybridized carbons (Fsp3) is 0.273. The van der Waals surface area contributed by atoms with Crippen LogP contribution in [-0.4, -0.2) is 16.9 Å². The lowest BCUT2D eigenvalue weighted by Gasteiger charge is -2.07. The molecule has 0 heterocycles. The van der Waals surface area contributed by atoms with Gasteiger partial charge in [-0.05, 0) is 18.2 Å². The van der Waals surface area contributed by atoms with E-state index in [2.05, 4.69) is 0 Å². The number of nitrogens with two attached hydrogens (primary N) is 1. The average molecular weight is 246 g/mol. The lowest BCUT2D eigenvalue weighted by molar-refractivity contribution is -0.141. The number of halogens is 1. The summed E-state index contributed by atoms with van der Waals surface area (Å²) < 4.78 is 30.3. The van der Waals surface area contributed by atoms with Crippen molar-refractivity contribution in [1.29, 1.82) is 0 Å². The second kappa shape index (κ2) is 4.99. The minimum atomic E-state index is -2.39. The van der Waals surface area contributed by atoms with Crippen molar-refractivity contribution in [2.24, 2.45) is 5.89 Å². The number of carboxylic acid groups (broad SMARTS) is 1. The zero-order valence-corrected chi connectivity index (χ0v) is 9.13. The quantitative estimate of drug-likeness (QED) is 0.630. The van der Waals surface area contributed by atoms with Crippen molar-refractivity contribution in [3.05, 3.63) is 28.7 Å². The van der Waals surface area contributed by atoms with Crippen LogP contribution < -0.4 is 5.73 Å². The number of nitrogen functional groups attached to an aromatic ring is 1. The summed E-state index contributed by atoms with van der Waals surface area (Å²) in [6, 6.07) is 0.0566. The molecule has 16 heavy (non-hydrogen) atoms. The van der Waals surface area contributed by atoms with Gasteiger partial charge in [0.25, 0.3) is 0 Å². The molecule has 1 aromatic rings. The maximum absolute atomic E-state index is 12.1. The van der Waals surface area contributed by atoms with Crippen LogP contribution in [0.1, 0.15) is 29.2 Å². The summed E-state index contributed by atoms with van der Waals surface area (Å²) >= 11 is 5.64. The van der Waals surface area contributed by atoms with E-state index in [1.165, 1.54) is 0 Å². The van der Waals surface area contributed by atoms with Crippen molar-refractivity contribution < 1.29 is 20.2 Å². The third kappa shape index (κ3) is 2.97. The third-order valence-corrected chi connectivity index (χ3v) is 2.01. The van der Waals surface area contributed by atoms with Crippen molar-refractivity contribution >= 4 is 29.0 Å². The summed E-state index contributed by atoms with van der Waals surface area (Å²) in [5, 5.41) is 8.72. The Hall–Kier alpha value is -1.55. The van der Waals surface area contributed by atoms with Gasteiger partial charge in [-0.3, -0.25) is 9.59 Å². The summed E-state index contributed by atoms with van der Waals surface area (Å²) in [4.78, 5) is 23.0. The molecule has 0 amide bonds. The van der Waals surface area contributed by atoms with E-state index in [1.807, 2.05) is 0 Å². The van der Waals surface area contributed by atoms with E-state index in [0.29, 0.717) is 0 Å². The van der Waals surface area contributed by atoms with Crippen molar-refractivity contribution in [1.82, 2.24) is 0 Å². The highest BCUT2D eigenvalue weighted by molar-refractivity contribution is 6.31. The first-order chi connectivity index (χ1) is 9.01. The largest absolute Gasteiger partial charge is 0.481 e. The summed E-state index contributed by atoms with van der Waals surface area (Å²) in [5.41, 5.74) is 4.87. The van der Waals surface area contributed by atoms with Crippen LogP contribution in [0.15, 0.2) is 18.2 Å². The monoisotopic (exact) mass is 245 g/mol. The molecule has 0 radical (unpaired) electrons. The van der Waals surface area contributed by atoms with Crippen LogP contribution in [0, 0.1) is 5.89 Å². The molecular formula is C11H12ClNO3. The Morgan fingerprint density at radius 3 is 2.94 bits per heavy atom. The lowest BCUT2D eigenvalue weighted by atomic mass is 9.99. The van der Waals surface area contributed by atoms with E-state index in [1.54, 1.807) is 0 Å². The lowest BCUT2D eigenvalue weighted by Crippen LogP contribution is -2.15. The van der Waals surface area contributed by atoms with Crippen molar-refractivity contribution in [3.63, 3.8) is 0 Å². The van der Waals surface area contributed by atoms with Gasteiger partial charge in [0.2, 0.25) is 0 Å². The van der Waals surface area contributed by atoms with Crippen LogP contribution in [0.4, 0.5) is 5.69 Å². The number of carbonyl (C=O) groups excluding carboxylic acids is 1. The van der Waals surface area contributed by atoms with Crippen LogP contribution in [-0.2, 0) is 4.79 Å². The number of carbonyl (C=O) groups is 2. The Balaban J connectivity index is 3.37. The standard InChI is InChI=1S/C11H12ClNO3/c1-6(11(15)16)4-10(14)8-3-2-7(12)5-9(8)13/h2-3,5-6H,4,13H2,1H3,(H,15,16)/i2D,3D,4D,6D. The summed E-state index contributed by atoms with van der Waals surface area (Å²) in [5.74, 6) is -5.13. The number of rotatable bonds is 4. The fourth-order valence-corrected chi connectivity index (χ4v) is 1.14. The first-order valence-corrected chi connectivity index (χ1v) is 4.64. The SMILES string of the molecule is [2H]c1c(Cl)cc(N)c(C(=O)C([2H])C([2H])(C)C(=O)O)c1[2H]. The van der Waals surface area contributed by atoms with Crippen LogP contribution >= 0.6 is 11.6 Å². The molecule has 0 spiro atoms. The molecule has 2 atom stereocenters. The van der Waals surface area contributed by atoms with Gasteiger partial charge in [-0.25, -0.2) is 0 Å². The van der Waals surface area contributed by atoms with Gasteiger partial charge in [0.05, 0.1) is 8.64 Å². The topological polar surface area (TPSA) is 80.4 Å². The highest BCUT2D eigenvalue weighted by Crippen LogP contribution is 2.20. The van der Waals surface area contributed by atoms with Gasteiger partial charge in [0.15, 0.2) is 5.78 Å². The Bertz CT molecular complexity index is 592. The Labute approximate surface area is 104 Å². The Morgan fingerprint density at radius 1 is 1.75 bits per heavy atom. The Morgan fingerprint density at radius 2 is 2.38 bits per heavy atom. The van der Waals surface area contributed by atoms with Crippen LogP contribution in [0.3, 0.4) is 0 Å². The molecule has 0 aliphatic heterocycles. The van der Waals surface area contributed by atoms with Gasteiger partial charge < -0.3 is 10.8 Å². The number of anilines is 1. The number of hydrogen-bond donors (Lipinski definition) is 2. The van der Waals surface area contributed by atoms with Crippen molar-refractivity contribution in [2.75, 3.05) is 5.73 Å². The van der Waals surface area contributed by atoms with Crippen LogP contribution in [0.25, 0.3) is 0 Å². The van der Waals surface area contributed by atoms with Gasteiger partial charge in [-0.2, -0.15) is 0 Å². The molecule has 1 rings (SSSR count). The van der Waals surface area contributed by atoms with Crippen molar-refractivity contribution in [2.45, 2.75) is 13.3 Å². The molecule has 2 unspecified atom stereocenters. The van der Waals surface area contributed by atoms with E-state index >= 15 is 0 Å². The molecule has 0 bridgehead atoms. The van der Waals surface area contributed by atoms with E-state index in [0.717, 1.165) is 13.0 Å². The Kier molecular flexibility index (Phi) is 2.39. The highest BCUT2D eigenvalue weighted by atomic mass is 35.5. The molecular weight excluding hydrogens is 230 g/mol. The maximum atomic E-state index is 12.1. The molecule has 5 heteroatoms. The number of benzene rings is 1. The first kappa shape index (κ1) is 7.68. The predicted octanol–water partition coefficient (Wildman–Crippen LogP) is 2.22. The number of aliphatic carboxylic acids is 1. The van der Waals surface area contributed by atoms with Crippen LogP contribution in [0.5, 0.6) is 0 Å². The minimum Gasteiger partial charge on any atom is -0.481 e. The number of ketones is 1. The molecule has 1 aromatic carbocycles. The molecule has 3 N–H and O–H groups in total. The first-order valence-electron chi connectivity index (χ1n) is 6.34. The second-order valence-corrected chi connectivity index (χ2v) is 3.48. The van der Waals surface area contributed by atoms with Crippen LogP contribution in [0.2, 0.25) is 5.02 Å². The van der Waals surface area contributed by atoms with E-state index in [9.17, 15) is 9.59 Å². The van der Waals surface area contributed by atoms with E-state index in [4.69, 9.17) is 27.9 Å². The normalized spacial score (nSPS) is 19.6. The van der Waals surface area contributed by atoms with Gasteiger partial charge in [0.1, 0.15) is 0 Å². The molecule has 0 aromatic heterocycles. The summed E-state index contributed by atoms with van der Waals surface area (Å²) in [6.07, 6.45) is -1.98. The molecule has 86 valence electrons. The van der Waals surface area contributed by atoms with Crippen molar-refractivity contribution in [3.8, 4) is 0 Å². The summed E-state index contributed by atoms with van der Waals surface area (Å²) in [6.45, 7) is 0.905. The third-order valence-electron chi connectivity index (χ3n) is 1.81. The van der Waals surface area contributed by atoms with Gasteiger partial charge in [-0.1, -0.05) is 18.5 Å². The van der Waals surface area contributed by atoms with Gasteiger partial charge in [-0.15, -0.1) is 0 Å². The van der Waals surface area contributed by atoms with Gasteiger partial charge >= 0.3 is 5.97 Å². The maximum Gasteiger partial charge on any atom is 0.306 e. The molecule has 4 nitrogen and oxygen atoms in total. The van der Waals surface area contributed by atoms with E-state index < -0.39 is 41.7 Å². The molecule has 0 saturated carbocycles. The highest BCUT2D eigenvalue weighted by Gasteiger charge is 2.18. The smallest absolute Gasteiger partial charge is 0.306 e. The zero-order valence-electron chi connectivity index (χ0n) is 12.4. The molecule has 0 aliphatic carbocycles. The minimum absolute atomic E-state index is 0.127. The van der Waals surface area contributed by atoms with Gasteiger partial charge in [0, 0.05) is 25.4 Å². The molecule has 0 aliphatic rings. The number of hydrogen-bond acceptors (Lipinski definition) is 3. The summed E-state index contributed by atoms with van der Waals surface area (Å²) in [7, 11) is 0. The predicted molar refractivity (Wildman–Crippen MR) is 61.6 cm³/mol. The fourth-order valence-electron chi connectivity index (χ4n) is 0.974. The molecule has 0 saturated heterocycles. The second-order valence-electron chi connectivity index (χ2n) is 3.07. The number of Topliss-reactive ketones (excluding diaryl/α,β-unsaturated/α-hetero) is 1. The number of carboxylic acids is 1.